The molecule has 0 amide bonds. The van der Waals surface area contributed by atoms with Crippen molar-refractivity contribution in [2.24, 2.45) is 0 Å². The molecule has 5 rings (SSSR count). The van der Waals surface area contributed by atoms with Crippen LogP contribution in [0.2, 0.25) is 5.02 Å². The lowest BCUT2D eigenvalue weighted by Crippen LogP contribution is -2.22. The van der Waals surface area contributed by atoms with Gasteiger partial charge in [0.2, 0.25) is 0 Å². The minimum Gasteiger partial charge on any atom is -0.399 e. The van der Waals surface area contributed by atoms with Crippen molar-refractivity contribution in [2.45, 2.75) is 50.9 Å². The Balaban J connectivity index is 0.000000240. The van der Waals surface area contributed by atoms with Crippen molar-refractivity contribution in [3.05, 3.63) is 75.7 Å². The number of aromatic nitrogens is 4. The molecule has 12 heteroatoms. The van der Waals surface area contributed by atoms with Gasteiger partial charge in [-0.25, -0.2) is 14.6 Å². The first-order valence-electron chi connectivity index (χ1n) is 12.3. The molecular formula is C28H26ClF3N6O2. The van der Waals surface area contributed by atoms with Gasteiger partial charge in [0.05, 0.1) is 28.1 Å². The van der Waals surface area contributed by atoms with E-state index >= 15 is 0 Å². The van der Waals surface area contributed by atoms with Crippen LogP contribution in [0.4, 0.5) is 24.7 Å². The standard InChI is InChI=1S/C20H22N6O.C8H4ClF3O/c1-12-2-4-14(21)10-13(12)3-9-17-18-19(22)23-11-24-20(18)26(25-17)15-5-7-16(27)8-6-15;9-7-2-1-5(4-13)3-6(7)8(10,11)12/h2,4,10-11,15-16,27H,5-8,21H2,1H3,(H2,22,23,24);1-4H. The summed E-state index contributed by atoms with van der Waals surface area (Å²) in [6.45, 7) is 1.99. The van der Waals surface area contributed by atoms with E-state index in [-0.39, 0.29) is 17.7 Å². The highest BCUT2D eigenvalue weighted by atomic mass is 35.5. The summed E-state index contributed by atoms with van der Waals surface area (Å²) in [5.74, 6) is 6.66. The van der Waals surface area contributed by atoms with Crippen LogP contribution in [0.5, 0.6) is 0 Å². The molecule has 0 radical (unpaired) electrons. The average molecular weight is 571 g/mol. The number of anilines is 2. The summed E-state index contributed by atoms with van der Waals surface area (Å²) < 4.78 is 38.4. The van der Waals surface area contributed by atoms with Gasteiger partial charge in [0.25, 0.3) is 0 Å². The molecule has 2 aromatic carbocycles. The number of benzene rings is 2. The van der Waals surface area contributed by atoms with Crippen molar-refractivity contribution in [1.29, 1.82) is 0 Å². The summed E-state index contributed by atoms with van der Waals surface area (Å²) in [6, 6.07) is 8.82. The number of nitrogen functional groups attached to an aromatic ring is 2. The number of hydrogen-bond acceptors (Lipinski definition) is 7. The van der Waals surface area contributed by atoms with E-state index < -0.39 is 16.8 Å². The molecule has 0 bridgehead atoms. The molecule has 2 heterocycles. The number of fused-ring (bicyclic) bond motifs is 1. The minimum absolute atomic E-state index is 0.0447. The Morgan fingerprint density at radius 2 is 1.80 bits per heavy atom. The molecule has 2 aromatic heterocycles. The summed E-state index contributed by atoms with van der Waals surface area (Å²) in [5.41, 5.74) is 14.8. The molecule has 4 aromatic rings. The third-order valence-corrected chi connectivity index (χ3v) is 6.87. The number of nitrogens with zero attached hydrogens (tertiary/aromatic N) is 4. The minimum atomic E-state index is -4.52. The molecule has 8 nitrogen and oxygen atoms in total. The highest BCUT2D eigenvalue weighted by Crippen LogP contribution is 2.35. The summed E-state index contributed by atoms with van der Waals surface area (Å²) in [4.78, 5) is 18.7. The van der Waals surface area contributed by atoms with Crippen molar-refractivity contribution >= 4 is 40.4 Å². The normalized spacial score (nSPS) is 16.9. The topological polar surface area (TPSA) is 133 Å². The molecule has 0 unspecified atom stereocenters. The van der Waals surface area contributed by atoms with Gasteiger partial charge in [-0.05, 0) is 68.4 Å². The monoisotopic (exact) mass is 570 g/mol. The number of alkyl halides is 3. The van der Waals surface area contributed by atoms with E-state index in [0.29, 0.717) is 34.5 Å². The van der Waals surface area contributed by atoms with Crippen molar-refractivity contribution in [3.8, 4) is 11.8 Å². The number of carbonyl (C=O) groups is 1. The van der Waals surface area contributed by atoms with E-state index in [9.17, 15) is 23.1 Å². The van der Waals surface area contributed by atoms with E-state index in [1.165, 1.54) is 12.4 Å². The zero-order valence-corrected chi connectivity index (χ0v) is 22.2. The van der Waals surface area contributed by atoms with Gasteiger partial charge in [-0.1, -0.05) is 29.7 Å². The number of hydrogen-bond donors (Lipinski definition) is 3. The number of aliphatic hydroxyl groups is 1. The summed E-state index contributed by atoms with van der Waals surface area (Å²) in [6.07, 6.45) is 0.265. The number of carbonyl (C=O) groups excluding carboxylic acids is 1. The van der Waals surface area contributed by atoms with Crippen molar-refractivity contribution in [3.63, 3.8) is 0 Å². The number of aryl methyl sites for hydroxylation is 1. The maximum Gasteiger partial charge on any atom is 0.417 e. The quantitative estimate of drug-likeness (QED) is 0.168. The number of halogens is 4. The van der Waals surface area contributed by atoms with Crippen LogP contribution >= 0.6 is 11.6 Å². The largest absolute Gasteiger partial charge is 0.417 e. The van der Waals surface area contributed by atoms with Crippen LogP contribution in [0.15, 0.2) is 42.7 Å². The van der Waals surface area contributed by atoms with Crippen LogP contribution in [-0.2, 0) is 6.18 Å². The first kappa shape index (κ1) is 28.9. The zero-order chi connectivity index (χ0) is 29.0. The second kappa shape index (κ2) is 11.9. The van der Waals surface area contributed by atoms with Gasteiger partial charge in [-0.15, -0.1) is 0 Å². The van der Waals surface area contributed by atoms with E-state index in [2.05, 4.69) is 21.8 Å². The van der Waals surface area contributed by atoms with Gasteiger partial charge in [0, 0.05) is 16.8 Å². The second-order valence-corrected chi connectivity index (χ2v) is 9.80. The maximum absolute atomic E-state index is 12.2. The predicted octanol–water partition coefficient (Wildman–Crippen LogP) is 5.35. The average Bonchev–Trinajstić information content (AvgIpc) is 3.29. The Morgan fingerprint density at radius 1 is 1.07 bits per heavy atom. The number of aliphatic hydroxyl groups excluding tert-OH is 1. The number of nitrogens with two attached hydrogens (primary N) is 2. The van der Waals surface area contributed by atoms with Gasteiger partial charge >= 0.3 is 6.18 Å². The Hall–Kier alpha value is -4.14. The lowest BCUT2D eigenvalue weighted by Gasteiger charge is -2.25. The van der Waals surface area contributed by atoms with E-state index in [1.807, 2.05) is 29.8 Å². The molecule has 1 aliphatic carbocycles. The third-order valence-electron chi connectivity index (χ3n) is 6.54. The first-order valence-corrected chi connectivity index (χ1v) is 12.7. The fourth-order valence-electron chi connectivity index (χ4n) is 4.37. The lowest BCUT2D eigenvalue weighted by molar-refractivity contribution is -0.137. The van der Waals surface area contributed by atoms with Gasteiger partial charge in [-0.3, -0.25) is 4.79 Å². The van der Waals surface area contributed by atoms with Gasteiger partial charge in [0.15, 0.2) is 5.65 Å². The van der Waals surface area contributed by atoms with Crippen LogP contribution in [0.25, 0.3) is 11.0 Å². The fraction of sp³-hybridized carbons (Fsp3) is 0.286. The van der Waals surface area contributed by atoms with Crippen LogP contribution < -0.4 is 11.5 Å². The molecule has 0 aliphatic heterocycles. The molecule has 0 spiro atoms. The Kier molecular flexibility index (Phi) is 8.61. The number of aldehydes is 1. The highest BCUT2D eigenvalue weighted by molar-refractivity contribution is 6.31. The third kappa shape index (κ3) is 6.52. The Labute approximate surface area is 233 Å². The highest BCUT2D eigenvalue weighted by Gasteiger charge is 2.33. The van der Waals surface area contributed by atoms with Crippen molar-refractivity contribution in [1.82, 2.24) is 19.7 Å². The summed E-state index contributed by atoms with van der Waals surface area (Å²) >= 11 is 5.30. The smallest absolute Gasteiger partial charge is 0.399 e. The second-order valence-electron chi connectivity index (χ2n) is 9.39. The van der Waals surface area contributed by atoms with Gasteiger partial charge in [-0.2, -0.15) is 18.3 Å². The van der Waals surface area contributed by atoms with Crippen LogP contribution in [-0.4, -0.2) is 37.2 Å². The predicted molar refractivity (Wildman–Crippen MR) is 147 cm³/mol. The van der Waals surface area contributed by atoms with Crippen LogP contribution in [0.1, 0.15) is 64.5 Å². The van der Waals surface area contributed by atoms with Crippen LogP contribution in [0, 0.1) is 18.8 Å². The molecule has 208 valence electrons. The fourth-order valence-corrected chi connectivity index (χ4v) is 4.60. The summed E-state index contributed by atoms with van der Waals surface area (Å²) in [7, 11) is 0. The molecule has 0 saturated heterocycles. The Morgan fingerprint density at radius 3 is 2.48 bits per heavy atom. The molecule has 0 atom stereocenters. The summed E-state index contributed by atoms with van der Waals surface area (Å²) in [5, 5.41) is 14.8. The van der Waals surface area contributed by atoms with E-state index in [0.717, 1.165) is 48.9 Å². The van der Waals surface area contributed by atoms with Gasteiger partial charge < -0.3 is 16.6 Å². The molecule has 1 fully saturated rings. The molecular weight excluding hydrogens is 545 g/mol. The number of rotatable bonds is 2. The maximum atomic E-state index is 12.2. The van der Waals surface area contributed by atoms with E-state index in [4.69, 9.17) is 28.2 Å². The van der Waals surface area contributed by atoms with Crippen LogP contribution in [0.3, 0.4) is 0 Å². The molecule has 1 aliphatic rings. The van der Waals surface area contributed by atoms with E-state index in [1.54, 1.807) is 0 Å². The SMILES string of the molecule is Cc1ccc(N)cc1C#Cc1nn(C2CCC(O)CC2)c2ncnc(N)c12.O=Cc1ccc(Cl)c(C(F)(F)F)c1. The molecule has 5 N–H and O–H groups in total. The molecule has 1 saturated carbocycles. The Bertz CT molecular complexity index is 1600. The van der Waals surface area contributed by atoms with Crippen molar-refractivity contribution < 1.29 is 23.1 Å². The van der Waals surface area contributed by atoms with Gasteiger partial charge in [0.1, 0.15) is 24.1 Å². The molecule has 40 heavy (non-hydrogen) atoms. The zero-order valence-electron chi connectivity index (χ0n) is 21.4. The first-order chi connectivity index (χ1) is 19.0. The van der Waals surface area contributed by atoms with Crippen molar-refractivity contribution in [2.75, 3.05) is 11.5 Å². The lowest BCUT2D eigenvalue weighted by atomic mass is 9.93.